The summed E-state index contributed by atoms with van der Waals surface area (Å²) in [6.07, 6.45) is 5.32. The average molecular weight is 687 g/mol. The SMILES string of the molecule is C=CCCC[C@@H]1C[C@H]1OC(=O)N[C@H](C(=O)N1C[C@H](Oc2nc3cc(OC)ccc3nc2Cl)[C@@H](CCC)[C@H]1C(=O)OC(C)(C)C)C(C)(C)C. The van der Waals surface area contributed by atoms with Gasteiger partial charge < -0.3 is 29.2 Å². The number of carbonyl (C=O) groups is 3. The molecule has 0 radical (unpaired) electrons. The van der Waals surface area contributed by atoms with Crippen molar-refractivity contribution in [2.45, 2.75) is 117 Å². The summed E-state index contributed by atoms with van der Waals surface area (Å²) in [4.78, 5) is 52.1. The average Bonchev–Trinajstić information content (AvgIpc) is 3.63. The number of amides is 2. The molecule has 4 rings (SSSR count). The van der Waals surface area contributed by atoms with Crippen LogP contribution >= 0.6 is 11.6 Å². The molecule has 12 heteroatoms. The van der Waals surface area contributed by atoms with Crippen LogP contribution in [0, 0.1) is 17.3 Å². The smallest absolute Gasteiger partial charge is 0.408 e. The minimum absolute atomic E-state index is 0.0406. The zero-order chi connectivity index (χ0) is 35.4. The van der Waals surface area contributed by atoms with Crippen LogP contribution < -0.4 is 14.8 Å². The Morgan fingerprint density at radius 2 is 1.83 bits per heavy atom. The fourth-order valence-electron chi connectivity index (χ4n) is 6.21. The van der Waals surface area contributed by atoms with Gasteiger partial charge in [0.25, 0.3) is 5.88 Å². The highest BCUT2D eigenvalue weighted by atomic mass is 35.5. The zero-order valence-corrected chi connectivity index (χ0v) is 30.3. The molecule has 2 heterocycles. The lowest BCUT2D eigenvalue weighted by Gasteiger charge is -2.36. The summed E-state index contributed by atoms with van der Waals surface area (Å²) in [6, 6.07) is 3.27. The van der Waals surface area contributed by atoms with Gasteiger partial charge in [0.15, 0.2) is 5.15 Å². The quantitative estimate of drug-likeness (QED) is 0.136. The van der Waals surface area contributed by atoms with Crippen LogP contribution in [0.1, 0.15) is 87.0 Å². The summed E-state index contributed by atoms with van der Waals surface area (Å²) in [6.45, 7) is 16.7. The molecule has 2 fully saturated rings. The van der Waals surface area contributed by atoms with Crippen LogP contribution in [0.5, 0.6) is 11.6 Å². The number of unbranched alkanes of at least 4 members (excludes halogenated alkanes) is 1. The van der Waals surface area contributed by atoms with Gasteiger partial charge in [-0.2, -0.15) is 0 Å². The minimum atomic E-state index is -0.995. The number of fused-ring (bicyclic) bond motifs is 1. The molecule has 1 saturated heterocycles. The van der Waals surface area contributed by atoms with Gasteiger partial charge in [-0.25, -0.2) is 19.6 Å². The number of methoxy groups -OCH3 is 1. The lowest BCUT2D eigenvalue weighted by molar-refractivity contribution is -0.165. The highest BCUT2D eigenvalue weighted by molar-refractivity contribution is 6.31. The van der Waals surface area contributed by atoms with Gasteiger partial charge in [0, 0.05) is 12.0 Å². The maximum Gasteiger partial charge on any atom is 0.408 e. The van der Waals surface area contributed by atoms with Crippen LogP contribution in [0.3, 0.4) is 0 Å². The van der Waals surface area contributed by atoms with Gasteiger partial charge in [0.05, 0.1) is 24.7 Å². The molecule has 1 aromatic heterocycles. The number of alkyl carbamates (subject to hydrolysis) is 1. The summed E-state index contributed by atoms with van der Waals surface area (Å²) in [5.41, 5.74) is -0.434. The van der Waals surface area contributed by atoms with E-state index in [-0.39, 0.29) is 23.7 Å². The topological polar surface area (TPSA) is 129 Å². The minimum Gasteiger partial charge on any atom is -0.497 e. The van der Waals surface area contributed by atoms with E-state index in [0.29, 0.717) is 35.5 Å². The molecule has 11 nitrogen and oxygen atoms in total. The third kappa shape index (κ3) is 9.30. The molecule has 1 saturated carbocycles. The molecule has 6 atom stereocenters. The number of aromatic nitrogens is 2. The molecule has 0 spiro atoms. The number of carbonyl (C=O) groups excluding carboxylic acids is 3. The number of rotatable bonds is 13. The van der Waals surface area contributed by atoms with Gasteiger partial charge in [-0.3, -0.25) is 4.79 Å². The van der Waals surface area contributed by atoms with Crippen molar-refractivity contribution in [3.63, 3.8) is 0 Å². The van der Waals surface area contributed by atoms with Gasteiger partial charge in [0.2, 0.25) is 5.91 Å². The van der Waals surface area contributed by atoms with Crippen molar-refractivity contribution < 1.29 is 33.3 Å². The third-order valence-corrected chi connectivity index (χ3v) is 8.93. The second-order valence-corrected chi connectivity index (χ2v) is 15.2. The second kappa shape index (κ2) is 15.3. The van der Waals surface area contributed by atoms with E-state index in [0.717, 1.165) is 25.7 Å². The van der Waals surface area contributed by atoms with Gasteiger partial charge >= 0.3 is 12.1 Å². The van der Waals surface area contributed by atoms with E-state index in [1.807, 2.05) is 33.8 Å². The molecule has 0 bridgehead atoms. The summed E-state index contributed by atoms with van der Waals surface area (Å²) >= 11 is 6.56. The third-order valence-electron chi connectivity index (χ3n) is 8.69. The summed E-state index contributed by atoms with van der Waals surface area (Å²) in [5, 5.41) is 2.89. The number of hydrogen-bond acceptors (Lipinski definition) is 9. The normalized spacial score (nSPS) is 22.9. The Hall–Kier alpha value is -3.60. The highest BCUT2D eigenvalue weighted by Gasteiger charge is 2.53. The Kier molecular flexibility index (Phi) is 11.9. The number of ether oxygens (including phenoxy) is 4. The number of hydrogen-bond donors (Lipinski definition) is 1. The molecule has 1 aliphatic carbocycles. The fraction of sp³-hybridized carbons (Fsp3) is 0.639. The first-order valence-electron chi connectivity index (χ1n) is 16.9. The zero-order valence-electron chi connectivity index (χ0n) is 29.5. The molecule has 2 aliphatic rings. The first kappa shape index (κ1) is 37.2. The number of likely N-dealkylation sites (tertiary alicyclic amines) is 1. The number of esters is 1. The van der Waals surface area contributed by atoms with E-state index in [9.17, 15) is 14.4 Å². The standard InChI is InChI=1S/C36H51ClN4O7/c1-10-12-13-15-21-18-26(21)47-34(44)40-29(35(3,4)5)32(42)41-20-27(23(14-11-2)28(41)33(43)48-36(6,7)8)46-31-30(37)38-24-17-16-22(45-9)19-25(24)39-31/h10,16-17,19,21,23,26-29H,1,11-15,18,20H2,2-9H3,(H,40,44)/t21-,23-,26-,27+,28+,29-/m1/s1. The fourth-order valence-corrected chi connectivity index (χ4v) is 6.39. The predicted molar refractivity (Wildman–Crippen MR) is 184 cm³/mol. The lowest BCUT2D eigenvalue weighted by Crippen LogP contribution is -2.58. The van der Waals surface area contributed by atoms with Crippen molar-refractivity contribution in [1.82, 2.24) is 20.2 Å². The predicted octanol–water partition coefficient (Wildman–Crippen LogP) is 6.89. The largest absolute Gasteiger partial charge is 0.497 e. The van der Waals surface area contributed by atoms with Crippen molar-refractivity contribution in [2.75, 3.05) is 13.7 Å². The van der Waals surface area contributed by atoms with E-state index in [2.05, 4.69) is 21.9 Å². The maximum atomic E-state index is 14.5. The van der Waals surface area contributed by atoms with Crippen molar-refractivity contribution in [1.29, 1.82) is 0 Å². The summed E-state index contributed by atoms with van der Waals surface area (Å²) in [7, 11) is 1.56. The van der Waals surface area contributed by atoms with Crippen LogP contribution in [-0.4, -0.2) is 76.4 Å². The second-order valence-electron chi connectivity index (χ2n) is 14.9. The Morgan fingerprint density at radius 1 is 1.10 bits per heavy atom. The van der Waals surface area contributed by atoms with E-state index in [1.165, 1.54) is 4.90 Å². The first-order chi connectivity index (χ1) is 22.6. The molecule has 2 amide bonds. The van der Waals surface area contributed by atoms with E-state index < -0.39 is 53.1 Å². The molecular formula is C36H51ClN4O7. The van der Waals surface area contributed by atoms with Gasteiger partial charge in [-0.05, 0) is 76.3 Å². The molecule has 2 aromatic rings. The maximum absolute atomic E-state index is 14.5. The van der Waals surface area contributed by atoms with Crippen LogP contribution in [0.15, 0.2) is 30.9 Å². The van der Waals surface area contributed by atoms with Crippen molar-refractivity contribution >= 4 is 40.6 Å². The molecule has 1 aliphatic heterocycles. The number of allylic oxidation sites excluding steroid dienone is 1. The first-order valence-corrected chi connectivity index (χ1v) is 17.2. The van der Waals surface area contributed by atoms with Gasteiger partial charge in [0.1, 0.15) is 35.6 Å². The number of nitrogens with one attached hydrogen (secondary N) is 1. The van der Waals surface area contributed by atoms with Gasteiger partial charge in [-0.1, -0.05) is 51.8 Å². The Bertz CT molecular complexity index is 1490. The molecule has 0 unspecified atom stereocenters. The molecule has 48 heavy (non-hydrogen) atoms. The Balaban J connectivity index is 1.62. The number of halogens is 1. The molecular weight excluding hydrogens is 636 g/mol. The summed E-state index contributed by atoms with van der Waals surface area (Å²) < 4.78 is 23.4. The van der Waals surface area contributed by atoms with Gasteiger partial charge in [-0.15, -0.1) is 6.58 Å². The van der Waals surface area contributed by atoms with E-state index in [1.54, 1.807) is 46.1 Å². The van der Waals surface area contributed by atoms with Crippen LogP contribution in [0.4, 0.5) is 4.79 Å². The molecule has 264 valence electrons. The monoisotopic (exact) mass is 686 g/mol. The molecule has 1 aromatic carbocycles. The summed E-state index contributed by atoms with van der Waals surface area (Å²) in [5.74, 6) is -0.434. The van der Waals surface area contributed by atoms with Crippen LogP contribution in [0.25, 0.3) is 11.0 Å². The van der Waals surface area contributed by atoms with Crippen LogP contribution in [-0.2, 0) is 19.1 Å². The van der Waals surface area contributed by atoms with Crippen LogP contribution in [0.2, 0.25) is 5.15 Å². The van der Waals surface area contributed by atoms with E-state index >= 15 is 0 Å². The van der Waals surface area contributed by atoms with E-state index in [4.69, 9.17) is 30.5 Å². The lowest BCUT2D eigenvalue weighted by atomic mass is 9.85. The number of nitrogens with zero attached hydrogens (tertiary/aromatic N) is 3. The van der Waals surface area contributed by atoms with Crippen molar-refractivity contribution in [3.8, 4) is 11.6 Å². The Morgan fingerprint density at radius 3 is 2.46 bits per heavy atom. The highest BCUT2D eigenvalue weighted by Crippen LogP contribution is 2.39. The van der Waals surface area contributed by atoms with Crippen molar-refractivity contribution in [3.05, 3.63) is 36.0 Å². The Labute approximate surface area is 289 Å². The van der Waals surface area contributed by atoms with Crippen molar-refractivity contribution in [2.24, 2.45) is 17.3 Å². The molecule has 1 N–H and O–H groups in total. The number of benzene rings is 1.